The van der Waals surface area contributed by atoms with Crippen molar-refractivity contribution in [3.05, 3.63) is 214 Å². The summed E-state index contributed by atoms with van der Waals surface area (Å²) in [4.78, 5) is 14.9. The molecule has 6 aromatic rings. The number of carbonyl (C=O) groups is 1. The van der Waals surface area contributed by atoms with E-state index in [0.717, 1.165) is 44.5 Å². The van der Waals surface area contributed by atoms with Crippen LogP contribution in [0.3, 0.4) is 0 Å². The van der Waals surface area contributed by atoms with Gasteiger partial charge in [0, 0.05) is 0 Å². The van der Waals surface area contributed by atoms with Crippen molar-refractivity contribution in [2.75, 3.05) is 0 Å². The van der Waals surface area contributed by atoms with Crippen LogP contribution >= 0.6 is 0 Å². The Kier molecular flexibility index (Phi) is 7.13. The molecule has 0 heterocycles. The molecule has 1 aliphatic carbocycles. The number of benzene rings is 6. The zero-order valence-corrected chi connectivity index (χ0v) is 24.2. The highest BCUT2D eigenvalue weighted by molar-refractivity contribution is 5.84. The molecule has 1 aliphatic rings. The third kappa shape index (κ3) is 4.60. The van der Waals surface area contributed by atoms with Gasteiger partial charge in [-0.05, 0) is 44.5 Å². The summed E-state index contributed by atoms with van der Waals surface area (Å²) in [5.41, 5.74) is 6.04. The molecule has 0 unspecified atom stereocenters. The first kappa shape index (κ1) is 27.2. The number of urea groups is 1. The molecule has 2 amide bonds. The van der Waals surface area contributed by atoms with Crippen molar-refractivity contribution in [1.29, 1.82) is 0 Å². The molecule has 0 aromatic heterocycles. The molecule has 0 atom stereocenters. The summed E-state index contributed by atoms with van der Waals surface area (Å²) < 4.78 is 0. The van der Waals surface area contributed by atoms with Gasteiger partial charge in [-0.2, -0.15) is 0 Å². The smallest absolute Gasteiger partial charge is 0.317 e. The molecule has 7 rings (SSSR count). The van der Waals surface area contributed by atoms with E-state index in [0.29, 0.717) is 0 Å². The molecule has 0 saturated carbocycles. The molecule has 2 N–H and O–H groups in total. The lowest BCUT2D eigenvalue weighted by atomic mass is 9.74. The van der Waals surface area contributed by atoms with E-state index in [9.17, 15) is 4.79 Å². The minimum absolute atomic E-state index is 0.295. The summed E-state index contributed by atoms with van der Waals surface area (Å²) in [6.07, 6.45) is 4.28. The van der Waals surface area contributed by atoms with Gasteiger partial charge in [-0.1, -0.05) is 182 Å². The van der Waals surface area contributed by atoms with Crippen molar-refractivity contribution < 1.29 is 4.79 Å². The van der Waals surface area contributed by atoms with E-state index in [1.165, 1.54) is 0 Å². The van der Waals surface area contributed by atoms with Crippen molar-refractivity contribution in [2.45, 2.75) is 11.1 Å². The number of hydrogen-bond acceptors (Lipinski definition) is 1. The quantitative estimate of drug-likeness (QED) is 0.194. The summed E-state index contributed by atoms with van der Waals surface area (Å²) in [6.45, 7) is 0. The Morgan fingerprint density at radius 1 is 0.455 bits per heavy atom. The molecule has 0 fully saturated rings. The first-order valence-electron chi connectivity index (χ1n) is 14.9. The highest BCUT2D eigenvalue weighted by Gasteiger charge is 2.44. The van der Waals surface area contributed by atoms with Crippen LogP contribution in [0.2, 0.25) is 0 Å². The molecule has 0 aliphatic heterocycles. The highest BCUT2D eigenvalue weighted by atomic mass is 16.2. The maximum Gasteiger partial charge on any atom is 0.317 e. The standard InChI is InChI=1S/C41H32N2O/c44-39(42-40(33-19-5-1-6-20-33,34-21-7-2-8-22-34)35-23-9-3-10-24-35)43-41(36-25-11-4-12-26-36)37-27-15-13-17-31(37)29-30-32-18-14-16-28-38(32)41/h1-30H,(H2,42,43,44). The lowest BCUT2D eigenvalue weighted by molar-refractivity contribution is 0.227. The van der Waals surface area contributed by atoms with Crippen LogP contribution in [0.25, 0.3) is 12.2 Å². The van der Waals surface area contributed by atoms with Crippen molar-refractivity contribution >= 4 is 18.2 Å². The second-order valence-electron chi connectivity index (χ2n) is 11.1. The Balaban J connectivity index is 1.45. The van der Waals surface area contributed by atoms with Crippen LogP contribution in [0.15, 0.2) is 170 Å². The van der Waals surface area contributed by atoms with Gasteiger partial charge in [0.05, 0.1) is 0 Å². The van der Waals surface area contributed by atoms with E-state index in [-0.39, 0.29) is 6.03 Å². The predicted octanol–water partition coefficient (Wildman–Crippen LogP) is 8.75. The first-order valence-corrected chi connectivity index (χ1v) is 14.9. The Morgan fingerprint density at radius 3 is 1.25 bits per heavy atom. The van der Waals surface area contributed by atoms with Crippen LogP contribution in [-0.2, 0) is 11.1 Å². The van der Waals surface area contributed by atoms with Crippen LogP contribution in [0, 0.1) is 0 Å². The predicted molar refractivity (Wildman–Crippen MR) is 179 cm³/mol. The molecule has 0 spiro atoms. The Hall–Kier alpha value is -5.67. The fraction of sp³-hybridized carbons (Fsp3) is 0.0488. The van der Waals surface area contributed by atoms with Crippen molar-refractivity contribution in [3.63, 3.8) is 0 Å². The molecule has 6 aromatic carbocycles. The molecular weight excluding hydrogens is 536 g/mol. The SMILES string of the molecule is O=C(NC(c1ccccc1)(c1ccccc1)c1ccccc1)NC1(c2ccccc2)c2ccccc2C=Cc2ccccc21. The molecule has 3 nitrogen and oxygen atoms in total. The zero-order chi connectivity index (χ0) is 29.8. The molecule has 0 bridgehead atoms. The van der Waals surface area contributed by atoms with Gasteiger partial charge >= 0.3 is 6.03 Å². The zero-order valence-electron chi connectivity index (χ0n) is 24.2. The minimum atomic E-state index is -0.974. The lowest BCUT2D eigenvalue weighted by Gasteiger charge is -2.41. The van der Waals surface area contributed by atoms with Crippen LogP contribution in [0.4, 0.5) is 4.79 Å². The molecule has 44 heavy (non-hydrogen) atoms. The van der Waals surface area contributed by atoms with Crippen LogP contribution in [0.5, 0.6) is 0 Å². The number of rotatable bonds is 6. The van der Waals surface area contributed by atoms with Crippen molar-refractivity contribution in [1.82, 2.24) is 10.6 Å². The lowest BCUT2D eigenvalue weighted by Crippen LogP contribution is -2.57. The van der Waals surface area contributed by atoms with E-state index in [1.807, 2.05) is 97.1 Å². The average Bonchev–Trinajstić information content (AvgIpc) is 3.24. The second kappa shape index (κ2) is 11.5. The minimum Gasteiger partial charge on any atom is -0.320 e. The Bertz CT molecular complexity index is 1770. The van der Waals surface area contributed by atoms with Gasteiger partial charge in [0.25, 0.3) is 0 Å². The fourth-order valence-electron chi connectivity index (χ4n) is 6.65. The topological polar surface area (TPSA) is 41.1 Å². The summed E-state index contributed by atoms with van der Waals surface area (Å²) >= 11 is 0. The van der Waals surface area contributed by atoms with Gasteiger partial charge in [-0.3, -0.25) is 0 Å². The van der Waals surface area contributed by atoms with Crippen molar-refractivity contribution in [3.8, 4) is 0 Å². The van der Waals surface area contributed by atoms with E-state index >= 15 is 0 Å². The summed E-state index contributed by atoms with van der Waals surface area (Å²) in [5, 5.41) is 7.11. The number of fused-ring (bicyclic) bond motifs is 2. The molecule has 212 valence electrons. The van der Waals surface area contributed by atoms with Crippen LogP contribution < -0.4 is 10.6 Å². The second-order valence-corrected chi connectivity index (χ2v) is 11.1. The third-order valence-electron chi connectivity index (χ3n) is 8.60. The number of nitrogens with one attached hydrogen (secondary N) is 2. The van der Waals surface area contributed by atoms with Gasteiger partial charge in [0.15, 0.2) is 0 Å². The maximum atomic E-state index is 14.9. The van der Waals surface area contributed by atoms with E-state index in [1.54, 1.807) is 0 Å². The average molecular weight is 569 g/mol. The van der Waals surface area contributed by atoms with Gasteiger partial charge in [0.2, 0.25) is 0 Å². The van der Waals surface area contributed by atoms with Gasteiger partial charge in [-0.15, -0.1) is 0 Å². The maximum absolute atomic E-state index is 14.9. The molecular formula is C41H32N2O. The van der Waals surface area contributed by atoms with E-state index in [4.69, 9.17) is 0 Å². The summed E-state index contributed by atoms with van der Waals surface area (Å²) in [5.74, 6) is 0. The summed E-state index contributed by atoms with van der Waals surface area (Å²) in [7, 11) is 0. The Morgan fingerprint density at radius 2 is 0.818 bits per heavy atom. The van der Waals surface area contributed by atoms with Gasteiger partial charge in [-0.25, -0.2) is 4.79 Å². The van der Waals surface area contributed by atoms with Crippen LogP contribution in [0.1, 0.15) is 44.5 Å². The monoisotopic (exact) mass is 568 g/mol. The van der Waals surface area contributed by atoms with E-state index in [2.05, 4.69) is 95.6 Å². The normalized spacial score (nSPS) is 13.2. The molecule has 0 saturated heterocycles. The third-order valence-corrected chi connectivity index (χ3v) is 8.60. The Labute approximate surface area is 258 Å². The summed E-state index contributed by atoms with van der Waals surface area (Å²) in [6, 6.07) is 57.2. The number of carbonyl (C=O) groups excluding carboxylic acids is 1. The fourth-order valence-corrected chi connectivity index (χ4v) is 6.65. The molecule has 0 radical (unpaired) electrons. The molecule has 3 heteroatoms. The van der Waals surface area contributed by atoms with Crippen molar-refractivity contribution in [2.24, 2.45) is 0 Å². The largest absolute Gasteiger partial charge is 0.320 e. The highest BCUT2D eigenvalue weighted by Crippen LogP contribution is 2.43. The van der Waals surface area contributed by atoms with Gasteiger partial charge in [0.1, 0.15) is 11.1 Å². The van der Waals surface area contributed by atoms with Gasteiger partial charge < -0.3 is 10.6 Å². The number of hydrogen-bond donors (Lipinski definition) is 2. The van der Waals surface area contributed by atoms with E-state index < -0.39 is 11.1 Å². The first-order chi connectivity index (χ1) is 21.7. The number of amides is 2. The van der Waals surface area contributed by atoms with Crippen LogP contribution in [-0.4, -0.2) is 6.03 Å².